The van der Waals surface area contributed by atoms with Crippen LogP contribution in [-0.4, -0.2) is 52.5 Å². The standard InChI is InChI=1S/C22H27ClN2O6S/c1-14-7-5-6-10-25(14)32(27,28)21-11-15(8-9-18(21)29-2)22(26)24-17-13-20(31-4)19(30-3)12-16(17)23/h8-9,11-14H,5-7,10H2,1-4H3,(H,24,26). The molecule has 174 valence electrons. The van der Waals surface area contributed by atoms with Crippen LogP contribution in [0.2, 0.25) is 5.02 Å². The fourth-order valence-corrected chi connectivity index (χ4v) is 5.80. The molecule has 0 spiro atoms. The number of carbonyl (C=O) groups is 1. The summed E-state index contributed by atoms with van der Waals surface area (Å²) < 4.78 is 44.0. The number of benzene rings is 2. The lowest BCUT2D eigenvalue weighted by Gasteiger charge is -2.32. The van der Waals surface area contributed by atoms with Gasteiger partial charge in [0.25, 0.3) is 5.91 Å². The summed E-state index contributed by atoms with van der Waals surface area (Å²) in [5, 5.41) is 2.95. The molecule has 1 atom stereocenters. The number of nitrogens with one attached hydrogen (secondary N) is 1. The number of hydrogen-bond acceptors (Lipinski definition) is 6. The molecule has 0 aromatic heterocycles. The smallest absolute Gasteiger partial charge is 0.255 e. The van der Waals surface area contributed by atoms with Gasteiger partial charge in [0, 0.05) is 30.3 Å². The highest BCUT2D eigenvalue weighted by atomic mass is 35.5. The van der Waals surface area contributed by atoms with Crippen molar-refractivity contribution in [2.75, 3.05) is 33.2 Å². The first-order chi connectivity index (χ1) is 15.2. The Bertz CT molecular complexity index is 1110. The summed E-state index contributed by atoms with van der Waals surface area (Å²) in [6, 6.07) is 7.25. The van der Waals surface area contributed by atoms with Crippen LogP contribution < -0.4 is 19.5 Å². The van der Waals surface area contributed by atoms with Crippen LogP contribution in [0.15, 0.2) is 35.2 Å². The highest BCUT2D eigenvalue weighted by Gasteiger charge is 2.33. The predicted molar refractivity (Wildman–Crippen MR) is 123 cm³/mol. The zero-order chi connectivity index (χ0) is 23.5. The molecular formula is C22H27ClN2O6S. The maximum Gasteiger partial charge on any atom is 0.255 e. The molecule has 1 fully saturated rings. The summed E-state index contributed by atoms with van der Waals surface area (Å²) in [5.41, 5.74) is 0.457. The first-order valence-corrected chi connectivity index (χ1v) is 12.0. The van der Waals surface area contributed by atoms with Gasteiger partial charge in [-0.3, -0.25) is 4.79 Å². The Kier molecular flexibility index (Phi) is 7.53. The first-order valence-electron chi connectivity index (χ1n) is 10.2. The molecule has 8 nitrogen and oxygen atoms in total. The van der Waals surface area contributed by atoms with Crippen LogP contribution in [0.1, 0.15) is 36.5 Å². The molecule has 0 radical (unpaired) electrons. The van der Waals surface area contributed by atoms with Crippen molar-refractivity contribution in [3.05, 3.63) is 40.9 Å². The van der Waals surface area contributed by atoms with E-state index in [4.69, 9.17) is 25.8 Å². The van der Waals surface area contributed by atoms with Gasteiger partial charge >= 0.3 is 0 Å². The number of methoxy groups -OCH3 is 3. The van der Waals surface area contributed by atoms with Crippen LogP contribution in [0.3, 0.4) is 0 Å². The van der Waals surface area contributed by atoms with E-state index in [9.17, 15) is 13.2 Å². The Morgan fingerprint density at radius 1 is 1.03 bits per heavy atom. The Hall–Kier alpha value is -2.49. The Morgan fingerprint density at radius 2 is 1.69 bits per heavy atom. The number of sulfonamides is 1. The summed E-state index contributed by atoms with van der Waals surface area (Å²) in [6.07, 6.45) is 2.57. The summed E-state index contributed by atoms with van der Waals surface area (Å²) >= 11 is 6.26. The second-order valence-corrected chi connectivity index (χ2v) is 9.73. The van der Waals surface area contributed by atoms with Gasteiger partial charge < -0.3 is 19.5 Å². The highest BCUT2D eigenvalue weighted by molar-refractivity contribution is 7.89. The Morgan fingerprint density at radius 3 is 2.31 bits per heavy atom. The third-order valence-electron chi connectivity index (χ3n) is 5.48. The molecular weight excluding hydrogens is 456 g/mol. The zero-order valence-corrected chi connectivity index (χ0v) is 20.0. The monoisotopic (exact) mass is 482 g/mol. The maximum atomic E-state index is 13.4. The number of amides is 1. The molecule has 0 bridgehead atoms. The van der Waals surface area contributed by atoms with E-state index in [1.54, 1.807) is 0 Å². The molecule has 0 saturated carbocycles. The summed E-state index contributed by atoms with van der Waals surface area (Å²) in [6.45, 7) is 2.32. The lowest BCUT2D eigenvalue weighted by Crippen LogP contribution is -2.42. The van der Waals surface area contributed by atoms with E-state index in [1.807, 2.05) is 6.92 Å². The molecule has 1 aliphatic heterocycles. The number of hydrogen-bond donors (Lipinski definition) is 1. The largest absolute Gasteiger partial charge is 0.495 e. The number of nitrogens with zero attached hydrogens (tertiary/aromatic N) is 1. The van der Waals surface area contributed by atoms with Gasteiger partial charge in [-0.05, 0) is 38.0 Å². The molecule has 1 amide bonds. The van der Waals surface area contributed by atoms with Gasteiger partial charge in [-0.25, -0.2) is 8.42 Å². The van der Waals surface area contributed by atoms with E-state index >= 15 is 0 Å². The van der Waals surface area contributed by atoms with E-state index in [0.29, 0.717) is 23.7 Å². The molecule has 1 unspecified atom stereocenters. The third kappa shape index (κ3) is 4.79. The van der Waals surface area contributed by atoms with Crippen molar-refractivity contribution < 1.29 is 27.4 Å². The van der Waals surface area contributed by atoms with Gasteiger partial charge in [0.05, 0.1) is 32.0 Å². The maximum absolute atomic E-state index is 13.4. The zero-order valence-electron chi connectivity index (χ0n) is 18.5. The van der Waals surface area contributed by atoms with E-state index in [-0.39, 0.29) is 27.3 Å². The number of halogens is 1. The number of ether oxygens (including phenoxy) is 3. The summed E-state index contributed by atoms with van der Waals surface area (Å²) in [7, 11) is 0.508. The minimum Gasteiger partial charge on any atom is -0.495 e. The second kappa shape index (κ2) is 9.97. The molecule has 1 heterocycles. The fourth-order valence-electron chi connectivity index (χ4n) is 3.72. The van der Waals surface area contributed by atoms with Crippen LogP contribution in [-0.2, 0) is 10.0 Å². The van der Waals surface area contributed by atoms with Gasteiger partial charge in [-0.1, -0.05) is 18.0 Å². The predicted octanol–water partition coefficient (Wildman–Crippen LogP) is 4.18. The average molecular weight is 483 g/mol. The van der Waals surface area contributed by atoms with E-state index in [0.717, 1.165) is 19.3 Å². The van der Waals surface area contributed by atoms with Gasteiger partial charge in [-0.2, -0.15) is 4.31 Å². The first kappa shape index (κ1) is 24.2. The summed E-state index contributed by atoms with van der Waals surface area (Å²) in [5.74, 6) is 0.474. The second-order valence-electron chi connectivity index (χ2n) is 7.47. The number of rotatable bonds is 7. The van der Waals surface area contributed by atoms with Gasteiger partial charge in [0.2, 0.25) is 10.0 Å². The molecule has 3 rings (SSSR count). The average Bonchev–Trinajstić information content (AvgIpc) is 2.79. The topological polar surface area (TPSA) is 94.2 Å². The quantitative estimate of drug-likeness (QED) is 0.636. The number of carbonyl (C=O) groups excluding carboxylic acids is 1. The van der Waals surface area contributed by atoms with Crippen molar-refractivity contribution in [2.24, 2.45) is 0 Å². The Labute approximate surface area is 193 Å². The lowest BCUT2D eigenvalue weighted by atomic mass is 10.1. The van der Waals surface area contributed by atoms with Crippen LogP contribution in [0, 0.1) is 0 Å². The molecule has 0 aliphatic carbocycles. The van der Waals surface area contributed by atoms with E-state index < -0.39 is 15.9 Å². The van der Waals surface area contributed by atoms with Crippen LogP contribution in [0.25, 0.3) is 0 Å². The SMILES string of the molecule is COc1cc(Cl)c(NC(=O)c2ccc(OC)c(S(=O)(=O)N3CCCCC3C)c2)cc1OC. The van der Waals surface area contributed by atoms with Gasteiger partial charge in [0.15, 0.2) is 11.5 Å². The number of anilines is 1. The minimum atomic E-state index is -3.84. The molecule has 32 heavy (non-hydrogen) atoms. The number of piperidine rings is 1. The van der Waals surface area contributed by atoms with Crippen molar-refractivity contribution in [1.82, 2.24) is 4.31 Å². The van der Waals surface area contributed by atoms with Gasteiger partial charge in [-0.15, -0.1) is 0 Å². The van der Waals surface area contributed by atoms with E-state index in [2.05, 4.69) is 5.32 Å². The van der Waals surface area contributed by atoms with Gasteiger partial charge in [0.1, 0.15) is 10.6 Å². The molecule has 1 saturated heterocycles. The Balaban J connectivity index is 1.95. The molecule has 1 N–H and O–H groups in total. The highest BCUT2D eigenvalue weighted by Crippen LogP contribution is 2.37. The third-order valence-corrected chi connectivity index (χ3v) is 7.82. The summed E-state index contributed by atoms with van der Waals surface area (Å²) in [4.78, 5) is 12.9. The van der Waals surface area contributed by atoms with Crippen LogP contribution in [0.5, 0.6) is 17.2 Å². The van der Waals surface area contributed by atoms with Crippen molar-refractivity contribution in [2.45, 2.75) is 37.1 Å². The van der Waals surface area contributed by atoms with Crippen molar-refractivity contribution in [3.8, 4) is 17.2 Å². The van der Waals surface area contributed by atoms with Crippen molar-refractivity contribution >= 4 is 33.2 Å². The molecule has 2 aromatic rings. The molecule has 2 aromatic carbocycles. The van der Waals surface area contributed by atoms with Crippen LogP contribution >= 0.6 is 11.6 Å². The fraction of sp³-hybridized carbons (Fsp3) is 0.409. The van der Waals surface area contributed by atoms with Crippen LogP contribution in [0.4, 0.5) is 5.69 Å². The van der Waals surface area contributed by atoms with E-state index in [1.165, 1.54) is 56.0 Å². The molecule has 10 heteroatoms. The van der Waals surface area contributed by atoms with Crippen molar-refractivity contribution in [3.63, 3.8) is 0 Å². The minimum absolute atomic E-state index is 0.0418. The normalized spacial score (nSPS) is 17.0. The lowest BCUT2D eigenvalue weighted by molar-refractivity contribution is 0.102. The molecule has 1 aliphatic rings. The van der Waals surface area contributed by atoms with Crippen molar-refractivity contribution in [1.29, 1.82) is 0 Å².